The lowest BCUT2D eigenvalue weighted by Gasteiger charge is -2.01. The molecule has 0 saturated carbocycles. The lowest BCUT2D eigenvalue weighted by molar-refractivity contribution is 0.419. The Labute approximate surface area is 133 Å². The van der Waals surface area contributed by atoms with Crippen LogP contribution >= 0.6 is 23.4 Å². The van der Waals surface area contributed by atoms with Crippen molar-refractivity contribution in [3.63, 3.8) is 0 Å². The molecule has 1 aromatic carbocycles. The van der Waals surface area contributed by atoms with Crippen LogP contribution < -0.4 is 5.32 Å². The van der Waals surface area contributed by atoms with Gasteiger partial charge in [0.05, 0.1) is 12.3 Å². The zero-order chi connectivity index (χ0) is 15.3. The summed E-state index contributed by atoms with van der Waals surface area (Å²) < 4.78 is 27.7. The minimum atomic E-state index is -2.93. The van der Waals surface area contributed by atoms with E-state index >= 15 is 0 Å². The molecule has 0 saturated heterocycles. The highest BCUT2D eigenvalue weighted by Crippen LogP contribution is 2.29. The minimum Gasteiger partial charge on any atom is -0.453 e. The molecule has 21 heavy (non-hydrogen) atoms. The van der Waals surface area contributed by atoms with Gasteiger partial charge in [0, 0.05) is 22.7 Å². The molecule has 0 amide bonds. The number of benzene rings is 1. The average molecular weight is 346 g/mol. The van der Waals surface area contributed by atoms with Crippen molar-refractivity contribution >= 4 is 33.2 Å². The van der Waals surface area contributed by atoms with Crippen molar-refractivity contribution in [2.24, 2.45) is 0 Å². The summed E-state index contributed by atoms with van der Waals surface area (Å²) in [7, 11) is -2.93. The van der Waals surface area contributed by atoms with E-state index in [0.29, 0.717) is 18.1 Å². The van der Waals surface area contributed by atoms with Crippen LogP contribution in [0.2, 0.25) is 5.02 Å². The second-order valence-electron chi connectivity index (χ2n) is 4.58. The van der Waals surface area contributed by atoms with E-state index in [-0.39, 0.29) is 5.75 Å². The third-order valence-corrected chi connectivity index (χ3v) is 4.74. The highest BCUT2D eigenvalue weighted by molar-refractivity contribution is 7.99. The smallest absolute Gasteiger partial charge is 0.165 e. The lowest BCUT2D eigenvalue weighted by atomic mass is 10.4. The van der Waals surface area contributed by atoms with Gasteiger partial charge in [-0.05, 0) is 36.4 Å². The van der Waals surface area contributed by atoms with Crippen molar-refractivity contribution in [3.05, 3.63) is 47.2 Å². The fourth-order valence-electron chi connectivity index (χ4n) is 1.60. The molecule has 7 heteroatoms. The molecule has 0 fully saturated rings. The Kier molecular flexibility index (Phi) is 5.75. The first-order chi connectivity index (χ1) is 9.92. The summed E-state index contributed by atoms with van der Waals surface area (Å²) in [6.45, 7) is 0.926. The minimum absolute atomic E-state index is 0.125. The van der Waals surface area contributed by atoms with Crippen LogP contribution in [-0.4, -0.2) is 27.0 Å². The van der Waals surface area contributed by atoms with E-state index in [9.17, 15) is 8.42 Å². The molecular weight excluding hydrogens is 330 g/mol. The maximum Gasteiger partial charge on any atom is 0.165 e. The van der Waals surface area contributed by atoms with Gasteiger partial charge < -0.3 is 9.73 Å². The number of sulfone groups is 1. The quantitative estimate of drug-likeness (QED) is 0.781. The van der Waals surface area contributed by atoms with Gasteiger partial charge in [-0.1, -0.05) is 23.4 Å². The van der Waals surface area contributed by atoms with Crippen LogP contribution in [0.3, 0.4) is 0 Å². The Balaban J connectivity index is 1.82. The van der Waals surface area contributed by atoms with Crippen molar-refractivity contribution in [1.82, 2.24) is 5.32 Å². The fourth-order valence-corrected chi connectivity index (χ4v) is 3.03. The van der Waals surface area contributed by atoms with Crippen LogP contribution in [0.1, 0.15) is 5.76 Å². The third kappa shape index (κ3) is 6.13. The number of furan rings is 1. The molecule has 0 unspecified atom stereocenters. The van der Waals surface area contributed by atoms with Crippen LogP contribution in [0.25, 0.3) is 0 Å². The highest BCUT2D eigenvalue weighted by atomic mass is 35.5. The Bertz CT molecular complexity index is 680. The largest absolute Gasteiger partial charge is 0.453 e. The molecule has 1 N–H and O–H groups in total. The summed E-state index contributed by atoms with van der Waals surface area (Å²) in [6, 6.07) is 11.3. The van der Waals surface area contributed by atoms with Crippen molar-refractivity contribution in [2.45, 2.75) is 16.5 Å². The van der Waals surface area contributed by atoms with Gasteiger partial charge in [-0.3, -0.25) is 0 Å². The zero-order valence-corrected chi connectivity index (χ0v) is 13.9. The fraction of sp³-hybridized carbons (Fsp3) is 0.286. The Morgan fingerprint density at radius 3 is 2.57 bits per heavy atom. The average Bonchev–Trinajstić information content (AvgIpc) is 2.84. The number of halogens is 1. The van der Waals surface area contributed by atoms with Crippen LogP contribution in [0.5, 0.6) is 0 Å². The maximum atomic E-state index is 11.0. The lowest BCUT2D eigenvalue weighted by Crippen LogP contribution is -2.21. The molecule has 0 spiro atoms. The van der Waals surface area contributed by atoms with Gasteiger partial charge in [0.25, 0.3) is 0 Å². The SMILES string of the molecule is CS(=O)(=O)CCNCc1ccc(Sc2ccc(Cl)cc2)o1. The standard InChI is InChI=1S/C14H16ClNO3S2/c1-21(17,18)9-8-16-10-12-4-7-14(19-12)20-13-5-2-11(15)3-6-13/h2-7,16H,8-10H2,1H3. The first-order valence-corrected chi connectivity index (χ1v) is 9.58. The Morgan fingerprint density at radius 2 is 1.90 bits per heavy atom. The molecule has 0 bridgehead atoms. The summed E-state index contributed by atoms with van der Waals surface area (Å²) in [4.78, 5) is 1.05. The predicted octanol–water partition coefficient (Wildman–Crippen LogP) is 3.22. The number of rotatable bonds is 7. The first-order valence-electron chi connectivity index (χ1n) is 6.33. The van der Waals surface area contributed by atoms with E-state index in [4.69, 9.17) is 16.0 Å². The monoisotopic (exact) mass is 345 g/mol. The molecular formula is C14H16ClNO3S2. The van der Waals surface area contributed by atoms with Gasteiger partial charge in [-0.15, -0.1) is 0 Å². The van der Waals surface area contributed by atoms with Crippen molar-refractivity contribution in [1.29, 1.82) is 0 Å². The molecule has 114 valence electrons. The molecule has 0 radical (unpaired) electrons. The van der Waals surface area contributed by atoms with Crippen LogP contribution in [-0.2, 0) is 16.4 Å². The highest BCUT2D eigenvalue weighted by Gasteiger charge is 2.05. The van der Waals surface area contributed by atoms with Gasteiger partial charge in [0.15, 0.2) is 5.09 Å². The topological polar surface area (TPSA) is 59.3 Å². The molecule has 0 aliphatic carbocycles. The van der Waals surface area contributed by atoms with E-state index in [1.54, 1.807) is 0 Å². The summed E-state index contributed by atoms with van der Waals surface area (Å²) in [6.07, 6.45) is 1.22. The van der Waals surface area contributed by atoms with E-state index in [0.717, 1.165) is 15.7 Å². The van der Waals surface area contributed by atoms with Gasteiger partial charge in [-0.2, -0.15) is 0 Å². The van der Waals surface area contributed by atoms with Crippen LogP contribution in [0.4, 0.5) is 0 Å². The molecule has 2 aromatic rings. The molecule has 2 rings (SSSR count). The summed E-state index contributed by atoms with van der Waals surface area (Å²) in [5.74, 6) is 0.903. The van der Waals surface area contributed by atoms with Crippen molar-refractivity contribution < 1.29 is 12.8 Å². The molecule has 1 aromatic heterocycles. The van der Waals surface area contributed by atoms with Gasteiger partial charge in [0.2, 0.25) is 0 Å². The summed E-state index contributed by atoms with van der Waals surface area (Å²) >= 11 is 7.35. The Hall–Kier alpha value is -0.950. The third-order valence-electron chi connectivity index (χ3n) is 2.62. The first kappa shape index (κ1) is 16.4. The molecule has 4 nitrogen and oxygen atoms in total. The van der Waals surface area contributed by atoms with E-state index < -0.39 is 9.84 Å². The zero-order valence-electron chi connectivity index (χ0n) is 11.5. The van der Waals surface area contributed by atoms with Gasteiger partial charge in [-0.25, -0.2) is 8.42 Å². The number of hydrogen-bond donors (Lipinski definition) is 1. The number of nitrogens with one attached hydrogen (secondary N) is 1. The second kappa shape index (κ2) is 7.35. The molecule has 0 aliphatic rings. The predicted molar refractivity (Wildman–Crippen MR) is 85.7 cm³/mol. The molecule has 0 atom stereocenters. The normalized spacial score (nSPS) is 11.7. The Morgan fingerprint density at radius 1 is 1.19 bits per heavy atom. The van der Waals surface area contributed by atoms with Crippen molar-refractivity contribution in [3.8, 4) is 0 Å². The summed E-state index contributed by atoms with van der Waals surface area (Å²) in [5, 5.41) is 4.54. The van der Waals surface area contributed by atoms with E-state index in [1.807, 2.05) is 36.4 Å². The van der Waals surface area contributed by atoms with E-state index in [1.165, 1.54) is 18.0 Å². The van der Waals surface area contributed by atoms with E-state index in [2.05, 4.69) is 5.32 Å². The van der Waals surface area contributed by atoms with Crippen LogP contribution in [0.15, 0.2) is 50.8 Å². The molecule has 1 heterocycles. The maximum absolute atomic E-state index is 11.0. The van der Waals surface area contributed by atoms with Gasteiger partial charge in [0.1, 0.15) is 15.6 Å². The van der Waals surface area contributed by atoms with Crippen molar-refractivity contribution in [2.75, 3.05) is 18.6 Å². The molecule has 0 aliphatic heterocycles. The second-order valence-corrected chi connectivity index (χ2v) is 8.36. The van der Waals surface area contributed by atoms with Gasteiger partial charge >= 0.3 is 0 Å². The summed E-state index contributed by atoms with van der Waals surface area (Å²) in [5.41, 5.74) is 0. The van der Waals surface area contributed by atoms with Crippen LogP contribution in [0, 0.1) is 0 Å². The number of hydrogen-bond acceptors (Lipinski definition) is 5.